The van der Waals surface area contributed by atoms with E-state index in [-0.39, 0.29) is 18.0 Å². The van der Waals surface area contributed by atoms with Gasteiger partial charge in [0, 0.05) is 12.1 Å². The number of benzene rings is 2. The van der Waals surface area contributed by atoms with Crippen LogP contribution in [0.5, 0.6) is 11.5 Å². The Kier molecular flexibility index (Phi) is 4.93. The van der Waals surface area contributed by atoms with Crippen molar-refractivity contribution in [2.75, 3.05) is 6.54 Å². The summed E-state index contributed by atoms with van der Waals surface area (Å²) < 4.78 is 5.87. The highest BCUT2D eigenvalue weighted by molar-refractivity contribution is 5.97. The van der Waals surface area contributed by atoms with E-state index >= 15 is 0 Å². The summed E-state index contributed by atoms with van der Waals surface area (Å²) >= 11 is 0. The molecular formula is C19H22N2O2. The molecule has 2 atom stereocenters. The average molecular weight is 310 g/mol. The van der Waals surface area contributed by atoms with Crippen molar-refractivity contribution >= 4 is 5.91 Å². The van der Waals surface area contributed by atoms with Crippen LogP contribution < -0.4 is 15.4 Å². The Bertz CT molecular complexity index is 657. The number of amides is 1. The zero-order valence-corrected chi connectivity index (χ0v) is 13.3. The van der Waals surface area contributed by atoms with Crippen molar-refractivity contribution in [3.05, 3.63) is 60.2 Å². The van der Waals surface area contributed by atoms with Gasteiger partial charge in [-0.2, -0.15) is 0 Å². The van der Waals surface area contributed by atoms with E-state index in [1.807, 2.05) is 48.5 Å². The van der Waals surface area contributed by atoms with Crippen LogP contribution >= 0.6 is 0 Å². The Balaban J connectivity index is 1.75. The summed E-state index contributed by atoms with van der Waals surface area (Å²) in [6.07, 6.45) is 2.08. The van der Waals surface area contributed by atoms with E-state index in [2.05, 4.69) is 17.6 Å². The normalized spacial score (nSPS) is 20.7. The van der Waals surface area contributed by atoms with Crippen molar-refractivity contribution in [2.24, 2.45) is 0 Å². The zero-order chi connectivity index (χ0) is 16.1. The summed E-state index contributed by atoms with van der Waals surface area (Å²) in [6.45, 7) is 3.12. The quantitative estimate of drug-likeness (QED) is 0.910. The van der Waals surface area contributed by atoms with Gasteiger partial charge in [-0.3, -0.25) is 4.79 Å². The number of nitrogens with one attached hydrogen (secondary N) is 2. The van der Waals surface area contributed by atoms with E-state index in [4.69, 9.17) is 4.74 Å². The first-order valence-electron chi connectivity index (χ1n) is 8.10. The molecule has 1 aliphatic rings. The highest BCUT2D eigenvalue weighted by atomic mass is 16.5. The minimum atomic E-state index is -0.0860. The number of para-hydroxylation sites is 2. The molecule has 3 rings (SSSR count). The van der Waals surface area contributed by atoms with Crippen LogP contribution in [0.15, 0.2) is 54.6 Å². The molecule has 4 heteroatoms. The SMILES string of the molecule is CC1NCCCC1NC(=O)c1ccccc1Oc1ccccc1. The average Bonchev–Trinajstić information content (AvgIpc) is 2.58. The molecule has 0 aliphatic carbocycles. The Labute approximate surface area is 136 Å². The number of hydrogen-bond donors (Lipinski definition) is 2. The first-order valence-corrected chi connectivity index (χ1v) is 8.10. The van der Waals surface area contributed by atoms with Crippen LogP contribution in [-0.2, 0) is 0 Å². The number of ether oxygens (including phenoxy) is 1. The molecule has 1 fully saturated rings. The predicted molar refractivity (Wildman–Crippen MR) is 90.9 cm³/mol. The first kappa shape index (κ1) is 15.6. The monoisotopic (exact) mass is 310 g/mol. The molecule has 1 heterocycles. The molecule has 0 bridgehead atoms. The van der Waals surface area contributed by atoms with Gasteiger partial charge in [0.2, 0.25) is 0 Å². The second-order valence-electron chi connectivity index (χ2n) is 5.88. The highest BCUT2D eigenvalue weighted by Gasteiger charge is 2.24. The molecular weight excluding hydrogens is 288 g/mol. The van der Waals surface area contributed by atoms with Gasteiger partial charge in [-0.1, -0.05) is 30.3 Å². The fraction of sp³-hybridized carbons (Fsp3) is 0.316. The lowest BCUT2D eigenvalue weighted by Crippen LogP contribution is -2.51. The van der Waals surface area contributed by atoms with Crippen LogP contribution in [0, 0.1) is 0 Å². The van der Waals surface area contributed by atoms with Crippen molar-refractivity contribution < 1.29 is 9.53 Å². The predicted octanol–water partition coefficient (Wildman–Crippen LogP) is 3.35. The number of rotatable bonds is 4. The van der Waals surface area contributed by atoms with Crippen LogP contribution in [0.1, 0.15) is 30.1 Å². The van der Waals surface area contributed by atoms with Gasteiger partial charge in [0.05, 0.1) is 5.56 Å². The van der Waals surface area contributed by atoms with Gasteiger partial charge < -0.3 is 15.4 Å². The maximum Gasteiger partial charge on any atom is 0.255 e. The molecule has 2 aromatic carbocycles. The lowest BCUT2D eigenvalue weighted by Gasteiger charge is -2.30. The van der Waals surface area contributed by atoms with Gasteiger partial charge in [0.25, 0.3) is 5.91 Å². The molecule has 1 amide bonds. The van der Waals surface area contributed by atoms with E-state index in [0.29, 0.717) is 11.3 Å². The van der Waals surface area contributed by atoms with Crippen molar-refractivity contribution in [3.8, 4) is 11.5 Å². The minimum absolute atomic E-state index is 0.0860. The van der Waals surface area contributed by atoms with Crippen molar-refractivity contribution in [1.29, 1.82) is 0 Å². The van der Waals surface area contributed by atoms with E-state index in [9.17, 15) is 4.79 Å². The van der Waals surface area contributed by atoms with Crippen molar-refractivity contribution in [2.45, 2.75) is 31.8 Å². The standard InChI is InChI=1S/C19H22N2O2/c1-14-17(11-7-13-20-14)21-19(22)16-10-5-6-12-18(16)23-15-8-3-2-4-9-15/h2-6,8-10,12,14,17,20H,7,11,13H2,1H3,(H,21,22). The topological polar surface area (TPSA) is 50.4 Å². The smallest absolute Gasteiger partial charge is 0.255 e. The molecule has 1 aliphatic heterocycles. The summed E-state index contributed by atoms with van der Waals surface area (Å²) in [4.78, 5) is 12.7. The van der Waals surface area contributed by atoms with Gasteiger partial charge in [0.15, 0.2) is 0 Å². The fourth-order valence-corrected chi connectivity index (χ4v) is 2.85. The van der Waals surface area contributed by atoms with Crippen LogP contribution in [0.2, 0.25) is 0 Å². The zero-order valence-electron chi connectivity index (χ0n) is 13.3. The van der Waals surface area contributed by atoms with Gasteiger partial charge in [-0.15, -0.1) is 0 Å². The number of hydrogen-bond acceptors (Lipinski definition) is 3. The number of carbonyl (C=O) groups excluding carboxylic acids is 1. The molecule has 2 unspecified atom stereocenters. The first-order chi connectivity index (χ1) is 11.2. The van der Waals surface area contributed by atoms with Crippen LogP contribution in [-0.4, -0.2) is 24.5 Å². The summed E-state index contributed by atoms with van der Waals surface area (Å²) in [5.74, 6) is 1.21. The summed E-state index contributed by atoms with van der Waals surface area (Å²) in [5.41, 5.74) is 0.564. The molecule has 2 aromatic rings. The third kappa shape index (κ3) is 3.90. The molecule has 0 aromatic heterocycles. The minimum Gasteiger partial charge on any atom is -0.457 e. The highest BCUT2D eigenvalue weighted by Crippen LogP contribution is 2.25. The van der Waals surface area contributed by atoms with Crippen molar-refractivity contribution in [3.63, 3.8) is 0 Å². The molecule has 0 radical (unpaired) electrons. The lowest BCUT2D eigenvalue weighted by atomic mass is 9.99. The van der Waals surface area contributed by atoms with Crippen LogP contribution in [0.4, 0.5) is 0 Å². The second kappa shape index (κ2) is 7.29. The largest absolute Gasteiger partial charge is 0.457 e. The van der Waals surface area contributed by atoms with Gasteiger partial charge in [0.1, 0.15) is 11.5 Å². The van der Waals surface area contributed by atoms with Gasteiger partial charge in [-0.25, -0.2) is 0 Å². The Hall–Kier alpha value is -2.33. The van der Waals surface area contributed by atoms with Gasteiger partial charge in [-0.05, 0) is 50.6 Å². The molecule has 0 spiro atoms. The summed E-state index contributed by atoms with van der Waals surface area (Å²) in [7, 11) is 0. The number of carbonyl (C=O) groups is 1. The number of piperidine rings is 1. The Morgan fingerprint density at radius 1 is 1.13 bits per heavy atom. The van der Waals surface area contributed by atoms with E-state index in [0.717, 1.165) is 25.1 Å². The molecule has 120 valence electrons. The van der Waals surface area contributed by atoms with E-state index < -0.39 is 0 Å². The maximum atomic E-state index is 12.7. The third-order valence-electron chi connectivity index (χ3n) is 4.18. The van der Waals surface area contributed by atoms with Crippen LogP contribution in [0.25, 0.3) is 0 Å². The summed E-state index contributed by atoms with van der Waals surface area (Å²) in [6, 6.07) is 17.3. The van der Waals surface area contributed by atoms with Gasteiger partial charge >= 0.3 is 0 Å². The third-order valence-corrected chi connectivity index (χ3v) is 4.18. The summed E-state index contributed by atoms with van der Waals surface area (Å²) in [5, 5.41) is 6.53. The van der Waals surface area contributed by atoms with E-state index in [1.165, 1.54) is 0 Å². The Morgan fingerprint density at radius 3 is 2.65 bits per heavy atom. The maximum absolute atomic E-state index is 12.7. The molecule has 4 nitrogen and oxygen atoms in total. The Morgan fingerprint density at radius 2 is 1.87 bits per heavy atom. The van der Waals surface area contributed by atoms with E-state index in [1.54, 1.807) is 6.07 Å². The molecule has 1 saturated heterocycles. The molecule has 0 saturated carbocycles. The molecule has 2 N–H and O–H groups in total. The lowest BCUT2D eigenvalue weighted by molar-refractivity contribution is 0.0917. The van der Waals surface area contributed by atoms with Crippen molar-refractivity contribution in [1.82, 2.24) is 10.6 Å². The fourth-order valence-electron chi connectivity index (χ4n) is 2.85. The second-order valence-corrected chi connectivity index (χ2v) is 5.88. The molecule has 23 heavy (non-hydrogen) atoms. The van der Waals surface area contributed by atoms with Crippen LogP contribution in [0.3, 0.4) is 0 Å².